The lowest BCUT2D eigenvalue weighted by Gasteiger charge is -2.13. The maximum Gasteiger partial charge on any atom is 0.321 e. The third kappa shape index (κ3) is 7.32. The first kappa shape index (κ1) is 15.4. The molecule has 0 bridgehead atoms. The Bertz CT molecular complexity index is 290. The van der Waals surface area contributed by atoms with Gasteiger partial charge < -0.3 is 10.6 Å². The summed E-state index contributed by atoms with van der Waals surface area (Å²) in [5, 5.41) is 6.89. The molecule has 6 heteroatoms. The van der Waals surface area contributed by atoms with Gasteiger partial charge in [0, 0.05) is 13.5 Å². The Labute approximate surface area is 102 Å². The number of rotatable bonds is 5. The van der Waals surface area contributed by atoms with Gasteiger partial charge in [-0.3, -0.25) is 14.9 Å². The maximum atomic E-state index is 11.4. The molecule has 1 unspecified atom stereocenters. The highest BCUT2D eigenvalue weighted by Gasteiger charge is 2.17. The van der Waals surface area contributed by atoms with E-state index in [0.717, 1.165) is 6.42 Å². The summed E-state index contributed by atoms with van der Waals surface area (Å²) in [6.07, 6.45) is 1.16. The lowest BCUT2D eigenvalue weighted by Crippen LogP contribution is -2.48. The summed E-state index contributed by atoms with van der Waals surface area (Å²) >= 11 is 0. The van der Waals surface area contributed by atoms with Crippen LogP contribution in [0, 0.1) is 5.92 Å². The molecule has 0 heterocycles. The highest BCUT2D eigenvalue weighted by atomic mass is 16.2. The van der Waals surface area contributed by atoms with E-state index in [1.54, 1.807) is 0 Å². The van der Waals surface area contributed by atoms with E-state index < -0.39 is 18.0 Å². The smallest absolute Gasteiger partial charge is 0.321 e. The molecule has 17 heavy (non-hydrogen) atoms. The summed E-state index contributed by atoms with van der Waals surface area (Å²) in [5.41, 5.74) is 0. The van der Waals surface area contributed by atoms with E-state index in [0.29, 0.717) is 12.3 Å². The van der Waals surface area contributed by atoms with Gasteiger partial charge in [0.15, 0.2) is 0 Å². The Kier molecular flexibility index (Phi) is 6.93. The monoisotopic (exact) mass is 243 g/mol. The second-order valence-corrected chi connectivity index (χ2v) is 4.29. The number of imide groups is 1. The second kappa shape index (κ2) is 7.65. The van der Waals surface area contributed by atoms with Gasteiger partial charge in [0.25, 0.3) is 0 Å². The van der Waals surface area contributed by atoms with Crippen molar-refractivity contribution in [3.05, 3.63) is 0 Å². The predicted octanol–water partition coefficient (Wildman–Crippen LogP) is 0.383. The summed E-state index contributed by atoms with van der Waals surface area (Å²) in [5.74, 6) is -0.267. The zero-order valence-corrected chi connectivity index (χ0v) is 10.8. The Hall–Kier alpha value is -1.59. The van der Waals surface area contributed by atoms with Gasteiger partial charge in [-0.1, -0.05) is 13.8 Å². The van der Waals surface area contributed by atoms with Crippen molar-refractivity contribution < 1.29 is 14.4 Å². The molecule has 0 spiro atoms. The fourth-order valence-electron chi connectivity index (χ4n) is 1.08. The number of hydrogen-bond donors (Lipinski definition) is 3. The van der Waals surface area contributed by atoms with E-state index in [1.807, 2.05) is 13.8 Å². The van der Waals surface area contributed by atoms with Gasteiger partial charge in [0.1, 0.15) is 6.04 Å². The summed E-state index contributed by atoms with van der Waals surface area (Å²) < 4.78 is 0. The second-order valence-electron chi connectivity index (χ2n) is 4.29. The van der Waals surface area contributed by atoms with E-state index in [4.69, 9.17) is 0 Å². The van der Waals surface area contributed by atoms with E-state index in [9.17, 15) is 14.4 Å². The molecular formula is C11H21N3O3. The summed E-state index contributed by atoms with van der Waals surface area (Å²) in [4.78, 5) is 33.7. The Morgan fingerprint density at radius 2 is 1.71 bits per heavy atom. The topological polar surface area (TPSA) is 87.3 Å². The molecule has 3 N–H and O–H groups in total. The van der Waals surface area contributed by atoms with Crippen LogP contribution in [0.5, 0.6) is 0 Å². The van der Waals surface area contributed by atoms with E-state index in [2.05, 4.69) is 16.0 Å². The molecule has 0 aromatic rings. The Morgan fingerprint density at radius 1 is 1.12 bits per heavy atom. The highest BCUT2D eigenvalue weighted by Crippen LogP contribution is 2.03. The van der Waals surface area contributed by atoms with Gasteiger partial charge in [-0.2, -0.15) is 0 Å². The fraction of sp³-hybridized carbons (Fsp3) is 0.727. The van der Waals surface area contributed by atoms with Crippen LogP contribution in [-0.4, -0.2) is 30.9 Å². The molecule has 0 rings (SSSR count). The molecule has 0 radical (unpaired) electrons. The van der Waals surface area contributed by atoms with Crippen LogP contribution >= 0.6 is 0 Å². The van der Waals surface area contributed by atoms with E-state index >= 15 is 0 Å². The molecule has 0 fully saturated rings. The predicted molar refractivity (Wildman–Crippen MR) is 64.3 cm³/mol. The maximum absolute atomic E-state index is 11.4. The van der Waals surface area contributed by atoms with E-state index in [1.165, 1.54) is 14.0 Å². The zero-order valence-electron chi connectivity index (χ0n) is 10.8. The molecule has 0 saturated heterocycles. The Balaban J connectivity index is 3.98. The van der Waals surface area contributed by atoms with Gasteiger partial charge >= 0.3 is 6.03 Å². The number of nitrogens with one attached hydrogen (secondary N) is 3. The van der Waals surface area contributed by atoms with Crippen LogP contribution in [0.3, 0.4) is 0 Å². The highest BCUT2D eigenvalue weighted by molar-refractivity contribution is 5.98. The average molecular weight is 243 g/mol. The molecule has 0 aliphatic rings. The number of urea groups is 1. The summed E-state index contributed by atoms with van der Waals surface area (Å²) in [6, 6.07) is -1.30. The van der Waals surface area contributed by atoms with Crippen molar-refractivity contribution in [1.29, 1.82) is 0 Å². The van der Waals surface area contributed by atoms with Gasteiger partial charge in [-0.05, 0) is 19.3 Å². The van der Waals surface area contributed by atoms with Crippen LogP contribution in [0.1, 0.15) is 33.6 Å². The van der Waals surface area contributed by atoms with Crippen molar-refractivity contribution in [2.75, 3.05) is 7.05 Å². The quantitative estimate of drug-likeness (QED) is 0.652. The lowest BCUT2D eigenvalue weighted by atomic mass is 10.1. The van der Waals surface area contributed by atoms with Crippen LogP contribution in [0.2, 0.25) is 0 Å². The molecule has 4 amide bonds. The van der Waals surface area contributed by atoms with Gasteiger partial charge in [-0.15, -0.1) is 0 Å². The largest absolute Gasteiger partial charge is 0.345 e. The first-order chi connectivity index (χ1) is 7.86. The van der Waals surface area contributed by atoms with E-state index in [-0.39, 0.29) is 5.91 Å². The average Bonchev–Trinajstić information content (AvgIpc) is 2.25. The fourth-order valence-corrected chi connectivity index (χ4v) is 1.08. The first-order valence-corrected chi connectivity index (χ1v) is 5.68. The standard InChI is InChI=1S/C11H21N3O3/c1-7(2)5-6-9(15)13-8(3)10(16)14-11(17)12-4/h7-8H,5-6H2,1-4H3,(H,13,15)(H2,12,14,16,17). The van der Waals surface area contributed by atoms with Crippen molar-refractivity contribution in [3.8, 4) is 0 Å². The molecule has 0 aromatic heterocycles. The molecule has 0 aromatic carbocycles. The number of hydrogen-bond acceptors (Lipinski definition) is 3. The SMILES string of the molecule is CNC(=O)NC(=O)C(C)NC(=O)CCC(C)C. The normalized spacial score (nSPS) is 11.8. The van der Waals surface area contributed by atoms with Crippen molar-refractivity contribution in [3.63, 3.8) is 0 Å². The first-order valence-electron chi connectivity index (χ1n) is 5.68. The number of carbonyl (C=O) groups is 3. The zero-order chi connectivity index (χ0) is 13.4. The molecule has 0 aliphatic carbocycles. The third-order valence-corrected chi connectivity index (χ3v) is 2.18. The van der Waals surface area contributed by atoms with Crippen LogP contribution in [0.15, 0.2) is 0 Å². The molecular weight excluding hydrogens is 222 g/mol. The summed E-state index contributed by atoms with van der Waals surface area (Å²) in [7, 11) is 1.41. The van der Waals surface area contributed by atoms with Crippen LogP contribution in [-0.2, 0) is 9.59 Å². The molecule has 0 aliphatic heterocycles. The van der Waals surface area contributed by atoms with Gasteiger partial charge in [0.2, 0.25) is 11.8 Å². The minimum absolute atomic E-state index is 0.182. The lowest BCUT2D eigenvalue weighted by molar-refractivity contribution is -0.128. The van der Waals surface area contributed by atoms with Crippen molar-refractivity contribution in [1.82, 2.24) is 16.0 Å². The summed E-state index contributed by atoms with van der Waals surface area (Å²) in [6.45, 7) is 5.58. The van der Waals surface area contributed by atoms with Crippen LogP contribution in [0.4, 0.5) is 4.79 Å². The number of carbonyl (C=O) groups excluding carboxylic acids is 3. The van der Waals surface area contributed by atoms with Crippen LogP contribution < -0.4 is 16.0 Å². The molecule has 98 valence electrons. The molecule has 0 saturated carbocycles. The minimum atomic E-state index is -0.716. The van der Waals surface area contributed by atoms with Gasteiger partial charge in [0.05, 0.1) is 0 Å². The molecule has 6 nitrogen and oxygen atoms in total. The van der Waals surface area contributed by atoms with Crippen molar-refractivity contribution >= 4 is 17.8 Å². The van der Waals surface area contributed by atoms with Crippen molar-refractivity contribution in [2.24, 2.45) is 5.92 Å². The number of amides is 4. The Morgan fingerprint density at radius 3 is 2.18 bits per heavy atom. The van der Waals surface area contributed by atoms with Gasteiger partial charge in [-0.25, -0.2) is 4.79 Å². The van der Waals surface area contributed by atoms with Crippen LogP contribution in [0.25, 0.3) is 0 Å². The third-order valence-electron chi connectivity index (χ3n) is 2.18. The molecule has 1 atom stereocenters. The van der Waals surface area contributed by atoms with Crippen molar-refractivity contribution in [2.45, 2.75) is 39.7 Å². The minimum Gasteiger partial charge on any atom is -0.345 e.